The molecule has 0 saturated carbocycles. The average molecular weight is 481 g/mol. The van der Waals surface area contributed by atoms with E-state index in [-0.39, 0.29) is 34.9 Å². The molecule has 0 radical (unpaired) electrons. The van der Waals surface area contributed by atoms with Gasteiger partial charge in [-0.25, -0.2) is 8.42 Å². The van der Waals surface area contributed by atoms with Gasteiger partial charge in [0.05, 0.1) is 42.6 Å². The van der Waals surface area contributed by atoms with Gasteiger partial charge in [0.1, 0.15) is 0 Å². The number of hydrogen-bond donors (Lipinski definition) is 2. The highest BCUT2D eigenvalue weighted by atomic mass is 35.5. The summed E-state index contributed by atoms with van der Waals surface area (Å²) in [6.45, 7) is 2.18. The van der Waals surface area contributed by atoms with Crippen molar-refractivity contribution in [1.29, 1.82) is 0 Å². The first-order valence-electron chi connectivity index (χ1n) is 9.29. The van der Waals surface area contributed by atoms with Gasteiger partial charge in [-0.3, -0.25) is 14.2 Å². The Morgan fingerprint density at radius 2 is 1.88 bits per heavy atom. The van der Waals surface area contributed by atoms with Crippen LogP contribution in [0.5, 0.6) is 11.9 Å². The van der Waals surface area contributed by atoms with Gasteiger partial charge in [0, 0.05) is 18.2 Å². The van der Waals surface area contributed by atoms with Crippen molar-refractivity contribution in [2.75, 3.05) is 24.3 Å². The van der Waals surface area contributed by atoms with Crippen LogP contribution >= 0.6 is 11.6 Å². The molecule has 0 spiro atoms. The van der Waals surface area contributed by atoms with Crippen molar-refractivity contribution in [2.45, 2.75) is 24.8 Å². The molecular formula is C19H21ClN6O5S. The monoisotopic (exact) mass is 480 g/mol. The Labute approximate surface area is 189 Å². The second-order valence-electron chi connectivity index (χ2n) is 6.51. The van der Waals surface area contributed by atoms with Gasteiger partial charge < -0.3 is 14.8 Å². The number of anilines is 2. The van der Waals surface area contributed by atoms with E-state index in [2.05, 4.69) is 25.1 Å². The van der Waals surface area contributed by atoms with Gasteiger partial charge in [0.15, 0.2) is 5.82 Å². The smallest absolute Gasteiger partial charge is 0.321 e. The van der Waals surface area contributed by atoms with E-state index in [1.807, 2.05) is 6.92 Å². The lowest BCUT2D eigenvalue weighted by Crippen LogP contribution is -2.16. The molecule has 170 valence electrons. The van der Waals surface area contributed by atoms with Crippen LogP contribution in [0.25, 0.3) is 0 Å². The van der Waals surface area contributed by atoms with Crippen LogP contribution in [0, 0.1) is 6.92 Å². The average Bonchev–Trinajstić information content (AvgIpc) is 3.09. The van der Waals surface area contributed by atoms with Gasteiger partial charge in [-0.2, -0.15) is 15.1 Å². The predicted molar refractivity (Wildman–Crippen MR) is 118 cm³/mol. The summed E-state index contributed by atoms with van der Waals surface area (Å²) in [5, 5.41) is 7.35. The molecule has 1 amide bonds. The Morgan fingerprint density at radius 3 is 2.47 bits per heavy atom. The molecule has 0 atom stereocenters. The first-order chi connectivity index (χ1) is 15.2. The third-order valence-electron chi connectivity index (χ3n) is 4.36. The fourth-order valence-electron chi connectivity index (χ4n) is 2.65. The van der Waals surface area contributed by atoms with Crippen molar-refractivity contribution in [2.24, 2.45) is 0 Å². The van der Waals surface area contributed by atoms with Crippen molar-refractivity contribution in [3.8, 4) is 11.9 Å². The summed E-state index contributed by atoms with van der Waals surface area (Å²) in [7, 11) is -1.21. The minimum Gasteiger partial charge on any atom is -0.481 e. The fourth-order valence-corrected chi connectivity index (χ4v) is 3.78. The zero-order valence-electron chi connectivity index (χ0n) is 17.5. The van der Waals surface area contributed by atoms with Crippen LogP contribution in [0.4, 0.5) is 11.5 Å². The number of carbonyl (C=O) groups excluding carboxylic acids is 1. The molecule has 1 aromatic carbocycles. The maximum absolute atomic E-state index is 12.7. The summed E-state index contributed by atoms with van der Waals surface area (Å²) >= 11 is 5.95. The van der Waals surface area contributed by atoms with E-state index in [1.165, 1.54) is 50.7 Å². The Kier molecular flexibility index (Phi) is 7.15. The van der Waals surface area contributed by atoms with Crippen LogP contribution < -0.4 is 19.5 Å². The number of ether oxygens (including phenoxy) is 2. The summed E-state index contributed by atoms with van der Waals surface area (Å²) in [6.07, 6.45) is 1.70. The van der Waals surface area contributed by atoms with E-state index < -0.39 is 10.0 Å². The molecule has 0 aliphatic heterocycles. The van der Waals surface area contributed by atoms with Gasteiger partial charge in [-0.05, 0) is 31.2 Å². The number of nitrogens with one attached hydrogen (secondary N) is 2. The van der Waals surface area contributed by atoms with Crippen molar-refractivity contribution < 1.29 is 22.7 Å². The molecule has 3 rings (SSSR count). The first-order valence-corrected chi connectivity index (χ1v) is 11.2. The number of nitrogens with zero attached hydrogens (tertiary/aromatic N) is 4. The van der Waals surface area contributed by atoms with Crippen LogP contribution in [0.3, 0.4) is 0 Å². The molecule has 3 aromatic rings. The molecule has 13 heteroatoms. The van der Waals surface area contributed by atoms with E-state index in [0.29, 0.717) is 17.3 Å². The molecule has 2 heterocycles. The summed E-state index contributed by atoms with van der Waals surface area (Å²) in [5.41, 5.74) is 1.23. The van der Waals surface area contributed by atoms with Crippen LogP contribution in [-0.2, 0) is 21.4 Å². The molecule has 2 aromatic heterocycles. The minimum absolute atomic E-state index is 0.0138. The molecule has 0 fully saturated rings. The third kappa shape index (κ3) is 5.65. The standard InChI is InChI=1S/C19H21ClN6O5S/c1-12-15(20)11-21-26(12)9-8-17(27)22-13-4-6-14(7-5-13)32(28,29)25-16-10-18(30-2)24-19(23-16)31-3/h4-7,10-11H,8-9H2,1-3H3,(H,22,27)(H,23,24,25). The molecule has 0 unspecified atom stereocenters. The summed E-state index contributed by atoms with van der Waals surface area (Å²) in [5.74, 6) is -0.120. The number of aryl methyl sites for hydroxylation is 1. The third-order valence-corrected chi connectivity index (χ3v) is 6.10. The highest BCUT2D eigenvalue weighted by Gasteiger charge is 2.17. The Hall–Kier alpha value is -3.38. The van der Waals surface area contributed by atoms with E-state index in [4.69, 9.17) is 21.1 Å². The fraction of sp³-hybridized carbons (Fsp3) is 0.263. The molecule has 0 saturated heterocycles. The quantitative estimate of drug-likeness (QED) is 0.476. The van der Waals surface area contributed by atoms with Crippen LogP contribution in [-0.4, -0.2) is 48.3 Å². The number of amides is 1. The maximum atomic E-state index is 12.7. The normalized spacial score (nSPS) is 11.1. The van der Waals surface area contributed by atoms with Crippen molar-refractivity contribution in [1.82, 2.24) is 19.7 Å². The molecule has 11 nitrogen and oxygen atoms in total. The Morgan fingerprint density at radius 1 is 1.16 bits per heavy atom. The molecule has 32 heavy (non-hydrogen) atoms. The number of hydrogen-bond acceptors (Lipinski definition) is 8. The number of rotatable bonds is 9. The van der Waals surface area contributed by atoms with E-state index in [1.54, 1.807) is 4.68 Å². The number of benzene rings is 1. The predicted octanol–water partition coefficient (Wildman–Crippen LogP) is 2.48. The zero-order chi connectivity index (χ0) is 23.3. The van der Waals surface area contributed by atoms with E-state index in [0.717, 1.165) is 5.69 Å². The molecular weight excluding hydrogens is 460 g/mol. The number of aromatic nitrogens is 4. The molecule has 2 N–H and O–H groups in total. The van der Waals surface area contributed by atoms with Crippen LogP contribution in [0.1, 0.15) is 12.1 Å². The largest absolute Gasteiger partial charge is 0.481 e. The zero-order valence-corrected chi connectivity index (χ0v) is 19.1. The number of halogens is 1. The second-order valence-corrected chi connectivity index (χ2v) is 8.60. The number of carbonyl (C=O) groups is 1. The maximum Gasteiger partial charge on any atom is 0.321 e. The Balaban J connectivity index is 1.64. The molecule has 0 aliphatic rings. The van der Waals surface area contributed by atoms with Crippen LogP contribution in [0.15, 0.2) is 41.4 Å². The van der Waals surface area contributed by atoms with Crippen molar-refractivity contribution >= 4 is 39.0 Å². The highest BCUT2D eigenvalue weighted by molar-refractivity contribution is 7.92. The van der Waals surface area contributed by atoms with Gasteiger partial charge in [-0.15, -0.1) is 0 Å². The summed E-state index contributed by atoms with van der Waals surface area (Å²) < 4.78 is 39.3. The van der Waals surface area contributed by atoms with E-state index >= 15 is 0 Å². The minimum atomic E-state index is -3.95. The lowest BCUT2D eigenvalue weighted by molar-refractivity contribution is -0.116. The second kappa shape index (κ2) is 9.83. The van der Waals surface area contributed by atoms with Gasteiger partial charge >= 0.3 is 6.01 Å². The van der Waals surface area contributed by atoms with Gasteiger partial charge in [0.2, 0.25) is 11.8 Å². The van der Waals surface area contributed by atoms with Gasteiger partial charge in [0.25, 0.3) is 10.0 Å². The van der Waals surface area contributed by atoms with Crippen LogP contribution in [0.2, 0.25) is 5.02 Å². The lowest BCUT2D eigenvalue weighted by Gasteiger charge is -2.10. The van der Waals surface area contributed by atoms with Crippen molar-refractivity contribution in [3.63, 3.8) is 0 Å². The van der Waals surface area contributed by atoms with Gasteiger partial charge in [-0.1, -0.05) is 11.6 Å². The molecule has 0 aliphatic carbocycles. The Bertz CT molecular complexity index is 1190. The first kappa shape index (κ1) is 23.3. The summed E-state index contributed by atoms with van der Waals surface area (Å²) in [6, 6.07) is 6.99. The SMILES string of the molecule is COc1cc(NS(=O)(=O)c2ccc(NC(=O)CCn3ncc(Cl)c3C)cc2)nc(OC)n1. The highest BCUT2D eigenvalue weighted by Crippen LogP contribution is 2.21. The summed E-state index contributed by atoms with van der Waals surface area (Å²) in [4.78, 5) is 20.0. The van der Waals surface area contributed by atoms with Crippen molar-refractivity contribution in [3.05, 3.63) is 47.2 Å². The lowest BCUT2D eigenvalue weighted by atomic mass is 10.3. The van der Waals surface area contributed by atoms with E-state index in [9.17, 15) is 13.2 Å². The number of methoxy groups -OCH3 is 2. The topological polar surface area (TPSA) is 137 Å². The molecule has 0 bridgehead atoms. The number of sulfonamides is 1.